The Kier molecular flexibility index (Phi) is 3.30. The fourth-order valence-corrected chi connectivity index (χ4v) is 3.82. The van der Waals surface area contributed by atoms with Crippen molar-refractivity contribution in [3.63, 3.8) is 0 Å². The molecule has 0 N–H and O–H groups in total. The lowest BCUT2D eigenvalue weighted by Gasteiger charge is -2.10. The molecule has 0 aromatic carbocycles. The van der Waals surface area contributed by atoms with Gasteiger partial charge in [0.25, 0.3) is 0 Å². The lowest BCUT2D eigenvalue weighted by Crippen LogP contribution is -2.22. The molecule has 1 aromatic heterocycles. The Morgan fingerprint density at radius 2 is 2.47 bits per heavy atom. The Hall–Kier alpha value is -0.170. The van der Waals surface area contributed by atoms with Crippen LogP contribution in [0.15, 0.2) is 10.5 Å². The van der Waals surface area contributed by atoms with Crippen molar-refractivity contribution in [2.45, 2.75) is 18.6 Å². The van der Waals surface area contributed by atoms with Crippen LogP contribution >= 0.6 is 38.9 Å². The summed E-state index contributed by atoms with van der Waals surface area (Å²) in [5, 5.41) is 10.8. The van der Waals surface area contributed by atoms with Crippen molar-refractivity contribution in [2.24, 2.45) is 0 Å². The van der Waals surface area contributed by atoms with E-state index in [2.05, 4.69) is 15.9 Å². The third-order valence-electron chi connectivity index (χ3n) is 2.27. The molecule has 0 amide bonds. The minimum absolute atomic E-state index is 0.280. The molecule has 0 spiro atoms. The summed E-state index contributed by atoms with van der Waals surface area (Å²) >= 11 is 10.5. The molecule has 4 nitrogen and oxygen atoms in total. The standard InChI is InChI=1S/C8H7BrClNO3S/c9-4-3-6(10)15-8(4)7-5(11(12)13)1-2-14-7/h3,5,7H,1-2H2. The monoisotopic (exact) mass is 311 g/mol. The van der Waals surface area contributed by atoms with Gasteiger partial charge in [-0.2, -0.15) is 0 Å². The van der Waals surface area contributed by atoms with Gasteiger partial charge in [0, 0.05) is 15.8 Å². The number of nitro groups is 1. The third kappa shape index (κ3) is 2.18. The lowest BCUT2D eigenvalue weighted by molar-refractivity contribution is -0.528. The van der Waals surface area contributed by atoms with Crippen molar-refractivity contribution >= 4 is 38.9 Å². The van der Waals surface area contributed by atoms with Crippen molar-refractivity contribution in [1.82, 2.24) is 0 Å². The molecule has 1 saturated heterocycles. The van der Waals surface area contributed by atoms with Crippen molar-refractivity contribution in [2.75, 3.05) is 6.61 Å². The zero-order chi connectivity index (χ0) is 11.0. The number of hydrogen-bond acceptors (Lipinski definition) is 4. The summed E-state index contributed by atoms with van der Waals surface area (Å²) in [4.78, 5) is 11.3. The summed E-state index contributed by atoms with van der Waals surface area (Å²) < 4.78 is 6.78. The second-order valence-corrected chi connectivity index (χ2v) is 5.76. The van der Waals surface area contributed by atoms with Gasteiger partial charge >= 0.3 is 0 Å². The number of nitrogens with zero attached hydrogens (tertiary/aromatic N) is 1. The molecular weight excluding hydrogens is 306 g/mol. The quantitative estimate of drug-likeness (QED) is 0.622. The molecule has 2 heterocycles. The van der Waals surface area contributed by atoms with Crippen LogP contribution in [0.1, 0.15) is 17.4 Å². The second-order valence-electron chi connectivity index (χ2n) is 3.20. The average Bonchev–Trinajstić information content (AvgIpc) is 2.71. The van der Waals surface area contributed by atoms with Crippen LogP contribution in [0.4, 0.5) is 0 Å². The Balaban J connectivity index is 2.30. The van der Waals surface area contributed by atoms with Gasteiger partial charge in [0.2, 0.25) is 6.04 Å². The molecule has 1 aliphatic heterocycles. The molecule has 2 rings (SSSR count). The Morgan fingerprint density at radius 1 is 1.73 bits per heavy atom. The average molecular weight is 313 g/mol. The fraction of sp³-hybridized carbons (Fsp3) is 0.500. The van der Waals surface area contributed by atoms with E-state index < -0.39 is 12.1 Å². The zero-order valence-electron chi connectivity index (χ0n) is 7.48. The van der Waals surface area contributed by atoms with Crippen LogP contribution in [-0.4, -0.2) is 17.6 Å². The second kappa shape index (κ2) is 4.37. The minimum atomic E-state index is -0.656. The van der Waals surface area contributed by atoms with Crippen LogP contribution in [0.2, 0.25) is 4.34 Å². The molecule has 2 unspecified atom stereocenters. The summed E-state index contributed by atoms with van der Waals surface area (Å²) in [5.74, 6) is 0. The normalized spacial score (nSPS) is 25.7. The summed E-state index contributed by atoms with van der Waals surface area (Å²) in [6, 6.07) is 1.08. The van der Waals surface area contributed by atoms with Crippen LogP contribution < -0.4 is 0 Å². The number of hydrogen-bond donors (Lipinski definition) is 0. The molecule has 1 aliphatic rings. The molecule has 15 heavy (non-hydrogen) atoms. The van der Waals surface area contributed by atoms with E-state index in [1.165, 1.54) is 11.3 Å². The first-order valence-corrected chi connectivity index (χ1v) is 6.28. The van der Waals surface area contributed by atoms with Gasteiger partial charge in [-0.25, -0.2) is 0 Å². The number of thiophene rings is 1. The van der Waals surface area contributed by atoms with E-state index in [0.717, 1.165) is 9.35 Å². The van der Waals surface area contributed by atoms with Crippen LogP contribution in [0.25, 0.3) is 0 Å². The van der Waals surface area contributed by atoms with Crippen LogP contribution in [0, 0.1) is 10.1 Å². The van der Waals surface area contributed by atoms with E-state index in [1.54, 1.807) is 6.07 Å². The van der Waals surface area contributed by atoms with Crippen molar-refractivity contribution in [3.05, 3.63) is 29.9 Å². The molecule has 7 heteroatoms. The van der Waals surface area contributed by atoms with Crippen LogP contribution in [0.3, 0.4) is 0 Å². The Bertz CT molecular complexity index is 397. The zero-order valence-corrected chi connectivity index (χ0v) is 10.6. The van der Waals surface area contributed by atoms with Gasteiger partial charge in [-0.1, -0.05) is 11.6 Å². The van der Waals surface area contributed by atoms with Gasteiger partial charge < -0.3 is 4.74 Å². The molecular formula is C8H7BrClNO3S. The maximum absolute atomic E-state index is 10.8. The first-order valence-electron chi connectivity index (χ1n) is 4.29. The summed E-state index contributed by atoms with van der Waals surface area (Å²) in [6.07, 6.45) is -0.00789. The number of halogens is 2. The highest BCUT2D eigenvalue weighted by Gasteiger charge is 2.40. The van der Waals surface area contributed by atoms with Crippen LogP contribution in [0.5, 0.6) is 0 Å². The molecule has 1 fully saturated rings. The predicted molar refractivity (Wildman–Crippen MR) is 61.1 cm³/mol. The third-order valence-corrected chi connectivity index (χ3v) is 4.52. The van der Waals surface area contributed by atoms with Gasteiger partial charge in [-0.3, -0.25) is 10.1 Å². The summed E-state index contributed by atoms with van der Waals surface area (Å²) in [6.45, 7) is 0.429. The van der Waals surface area contributed by atoms with Gasteiger partial charge in [-0.15, -0.1) is 11.3 Å². The highest BCUT2D eigenvalue weighted by molar-refractivity contribution is 9.10. The highest BCUT2D eigenvalue weighted by atomic mass is 79.9. The topological polar surface area (TPSA) is 52.4 Å². The van der Waals surface area contributed by atoms with E-state index in [9.17, 15) is 10.1 Å². The lowest BCUT2D eigenvalue weighted by atomic mass is 10.1. The van der Waals surface area contributed by atoms with Crippen molar-refractivity contribution < 1.29 is 9.66 Å². The van der Waals surface area contributed by atoms with Gasteiger partial charge in [0.15, 0.2) is 6.10 Å². The van der Waals surface area contributed by atoms with Gasteiger partial charge in [0.05, 0.1) is 15.8 Å². The van der Waals surface area contributed by atoms with Crippen LogP contribution in [-0.2, 0) is 4.74 Å². The Labute approximate surface area is 103 Å². The SMILES string of the molecule is O=[N+]([O-])C1CCOC1c1sc(Cl)cc1Br. The van der Waals surface area contributed by atoms with E-state index in [-0.39, 0.29) is 4.92 Å². The van der Waals surface area contributed by atoms with E-state index in [1.807, 2.05) is 0 Å². The van der Waals surface area contributed by atoms with Crippen molar-refractivity contribution in [1.29, 1.82) is 0 Å². The smallest absolute Gasteiger partial charge is 0.246 e. The molecule has 0 saturated carbocycles. The highest BCUT2D eigenvalue weighted by Crippen LogP contribution is 2.41. The molecule has 82 valence electrons. The van der Waals surface area contributed by atoms with E-state index in [4.69, 9.17) is 16.3 Å². The Morgan fingerprint density at radius 3 is 3.00 bits per heavy atom. The molecule has 0 radical (unpaired) electrons. The fourth-order valence-electron chi connectivity index (χ4n) is 1.59. The maximum Gasteiger partial charge on any atom is 0.246 e. The first kappa shape index (κ1) is 11.3. The summed E-state index contributed by atoms with van der Waals surface area (Å²) in [7, 11) is 0. The molecule has 2 atom stereocenters. The molecule has 1 aromatic rings. The molecule has 0 aliphatic carbocycles. The largest absolute Gasteiger partial charge is 0.365 e. The maximum atomic E-state index is 10.8. The number of ether oxygens (including phenoxy) is 1. The van der Waals surface area contributed by atoms with E-state index >= 15 is 0 Å². The summed E-state index contributed by atoms with van der Waals surface area (Å²) in [5.41, 5.74) is 0. The predicted octanol–water partition coefficient (Wildman–Crippen LogP) is 3.27. The van der Waals surface area contributed by atoms with Gasteiger partial charge in [-0.05, 0) is 22.0 Å². The van der Waals surface area contributed by atoms with Gasteiger partial charge in [0.1, 0.15) is 0 Å². The number of rotatable bonds is 2. The molecule has 0 bridgehead atoms. The van der Waals surface area contributed by atoms with Crippen molar-refractivity contribution in [3.8, 4) is 0 Å². The first-order chi connectivity index (χ1) is 7.09. The minimum Gasteiger partial charge on any atom is -0.365 e. The van der Waals surface area contributed by atoms with E-state index in [0.29, 0.717) is 17.4 Å².